The highest BCUT2D eigenvalue weighted by Gasteiger charge is 2.10. The zero-order chi connectivity index (χ0) is 12.4. The second kappa shape index (κ2) is 4.59. The molecule has 0 fully saturated rings. The molecule has 0 aliphatic carbocycles. The molecule has 1 heterocycles. The quantitative estimate of drug-likeness (QED) is 0.909. The molecule has 0 bridgehead atoms. The van der Waals surface area contributed by atoms with Gasteiger partial charge < -0.3 is 10.0 Å². The van der Waals surface area contributed by atoms with Gasteiger partial charge in [0.15, 0.2) is 0 Å². The smallest absolute Gasteiger partial charge is 0.323 e. The third kappa shape index (κ3) is 2.47. The summed E-state index contributed by atoms with van der Waals surface area (Å²) >= 11 is 5.91. The lowest BCUT2D eigenvalue weighted by Crippen LogP contribution is -2.26. The predicted molar refractivity (Wildman–Crippen MR) is 67.7 cm³/mol. The monoisotopic (exact) mass is 250 g/mol. The number of carbonyl (C=O) groups is 1. The standard InChI is InChI=1S/C12H11ClN2O2/c1-15(7-11(16)17)12-10-3-2-9(13)6-8(10)4-5-14-12/h2-6H,7H2,1H3,(H,16,17). The molecule has 0 radical (unpaired) electrons. The third-order valence-electron chi connectivity index (χ3n) is 2.44. The maximum absolute atomic E-state index is 10.7. The maximum Gasteiger partial charge on any atom is 0.323 e. The van der Waals surface area contributed by atoms with Crippen molar-refractivity contribution in [2.24, 2.45) is 0 Å². The minimum absolute atomic E-state index is 0.0886. The fourth-order valence-corrected chi connectivity index (χ4v) is 1.90. The fourth-order valence-electron chi connectivity index (χ4n) is 1.71. The molecule has 0 spiro atoms. The summed E-state index contributed by atoms with van der Waals surface area (Å²) in [6, 6.07) is 7.29. The zero-order valence-corrected chi connectivity index (χ0v) is 9.98. The van der Waals surface area contributed by atoms with Crippen LogP contribution in [-0.2, 0) is 4.79 Å². The van der Waals surface area contributed by atoms with E-state index >= 15 is 0 Å². The van der Waals surface area contributed by atoms with Crippen LogP contribution in [0.5, 0.6) is 0 Å². The van der Waals surface area contributed by atoms with E-state index in [4.69, 9.17) is 16.7 Å². The van der Waals surface area contributed by atoms with Gasteiger partial charge >= 0.3 is 5.97 Å². The summed E-state index contributed by atoms with van der Waals surface area (Å²) in [5, 5.41) is 11.3. The minimum Gasteiger partial charge on any atom is -0.480 e. The molecule has 17 heavy (non-hydrogen) atoms. The highest BCUT2D eigenvalue weighted by atomic mass is 35.5. The second-order valence-electron chi connectivity index (χ2n) is 3.75. The Morgan fingerprint density at radius 3 is 2.94 bits per heavy atom. The van der Waals surface area contributed by atoms with E-state index in [1.54, 1.807) is 24.2 Å². The van der Waals surface area contributed by atoms with Crippen LogP contribution in [0.25, 0.3) is 10.8 Å². The Labute approximate surface area is 103 Å². The Morgan fingerprint density at radius 1 is 1.47 bits per heavy atom. The SMILES string of the molecule is CN(CC(=O)O)c1nccc2cc(Cl)ccc12. The van der Waals surface area contributed by atoms with Gasteiger partial charge in [0.1, 0.15) is 12.4 Å². The molecule has 4 nitrogen and oxygen atoms in total. The number of pyridine rings is 1. The average Bonchev–Trinajstić information content (AvgIpc) is 2.26. The number of anilines is 1. The van der Waals surface area contributed by atoms with Crippen molar-refractivity contribution in [2.75, 3.05) is 18.5 Å². The van der Waals surface area contributed by atoms with Crippen molar-refractivity contribution in [3.05, 3.63) is 35.5 Å². The van der Waals surface area contributed by atoms with Gasteiger partial charge in [-0.05, 0) is 29.7 Å². The van der Waals surface area contributed by atoms with Crippen LogP contribution in [-0.4, -0.2) is 29.7 Å². The molecule has 0 aliphatic rings. The molecule has 0 saturated heterocycles. The lowest BCUT2D eigenvalue weighted by atomic mass is 10.1. The Hall–Kier alpha value is -1.81. The second-order valence-corrected chi connectivity index (χ2v) is 4.19. The average molecular weight is 251 g/mol. The molecular weight excluding hydrogens is 240 g/mol. The van der Waals surface area contributed by atoms with E-state index in [2.05, 4.69) is 4.98 Å². The van der Waals surface area contributed by atoms with Gasteiger partial charge in [0.05, 0.1) is 0 Å². The summed E-state index contributed by atoms with van der Waals surface area (Å²) in [7, 11) is 1.70. The number of likely N-dealkylation sites (N-methyl/N-ethyl adjacent to an activating group) is 1. The Balaban J connectivity index is 2.50. The van der Waals surface area contributed by atoms with Gasteiger partial charge in [-0.25, -0.2) is 4.98 Å². The molecule has 5 heteroatoms. The van der Waals surface area contributed by atoms with E-state index in [0.29, 0.717) is 10.8 Å². The lowest BCUT2D eigenvalue weighted by molar-refractivity contribution is -0.135. The van der Waals surface area contributed by atoms with Crippen LogP contribution in [0.15, 0.2) is 30.5 Å². The molecule has 2 aromatic rings. The molecule has 0 amide bonds. The highest BCUT2D eigenvalue weighted by molar-refractivity contribution is 6.31. The molecule has 0 unspecified atom stereocenters. The molecule has 2 rings (SSSR count). The number of aliphatic carboxylic acids is 1. The van der Waals surface area contributed by atoms with Gasteiger partial charge in [-0.3, -0.25) is 4.79 Å². The molecule has 1 aromatic heterocycles. The number of rotatable bonds is 3. The molecule has 0 atom stereocenters. The lowest BCUT2D eigenvalue weighted by Gasteiger charge is -2.17. The van der Waals surface area contributed by atoms with E-state index in [9.17, 15) is 4.79 Å². The van der Waals surface area contributed by atoms with Crippen molar-refractivity contribution in [1.29, 1.82) is 0 Å². The topological polar surface area (TPSA) is 53.4 Å². The van der Waals surface area contributed by atoms with E-state index in [-0.39, 0.29) is 6.54 Å². The van der Waals surface area contributed by atoms with Crippen LogP contribution in [0.2, 0.25) is 5.02 Å². The van der Waals surface area contributed by atoms with Gasteiger partial charge in [-0.1, -0.05) is 11.6 Å². The first kappa shape index (κ1) is 11.7. The van der Waals surface area contributed by atoms with Gasteiger partial charge in [0.2, 0.25) is 0 Å². The molecular formula is C12H11ClN2O2. The Kier molecular flexibility index (Phi) is 3.15. The van der Waals surface area contributed by atoms with Crippen molar-refractivity contribution in [2.45, 2.75) is 0 Å². The van der Waals surface area contributed by atoms with E-state index in [0.717, 1.165) is 10.8 Å². The Bertz CT molecular complexity index is 571. The largest absolute Gasteiger partial charge is 0.480 e. The van der Waals surface area contributed by atoms with Crippen molar-refractivity contribution in [3.8, 4) is 0 Å². The van der Waals surface area contributed by atoms with E-state index in [1.807, 2.05) is 18.2 Å². The van der Waals surface area contributed by atoms with Crippen LogP contribution in [0, 0.1) is 0 Å². The molecule has 88 valence electrons. The summed E-state index contributed by atoms with van der Waals surface area (Å²) < 4.78 is 0. The van der Waals surface area contributed by atoms with Gasteiger partial charge in [-0.2, -0.15) is 0 Å². The van der Waals surface area contributed by atoms with Crippen LogP contribution >= 0.6 is 11.6 Å². The number of hydrogen-bond acceptors (Lipinski definition) is 3. The van der Waals surface area contributed by atoms with Crippen molar-refractivity contribution in [1.82, 2.24) is 4.98 Å². The number of hydrogen-bond donors (Lipinski definition) is 1. The number of benzene rings is 1. The first-order valence-electron chi connectivity index (χ1n) is 5.05. The molecule has 0 aliphatic heterocycles. The minimum atomic E-state index is -0.889. The van der Waals surface area contributed by atoms with Crippen molar-refractivity contribution >= 4 is 34.2 Å². The van der Waals surface area contributed by atoms with Gasteiger partial charge in [0.25, 0.3) is 0 Å². The maximum atomic E-state index is 10.7. The number of halogens is 1. The number of fused-ring (bicyclic) bond motifs is 1. The normalized spacial score (nSPS) is 10.5. The van der Waals surface area contributed by atoms with Crippen LogP contribution in [0.1, 0.15) is 0 Å². The summed E-state index contributed by atoms with van der Waals surface area (Å²) in [5.74, 6) is -0.248. The van der Waals surface area contributed by atoms with Gasteiger partial charge in [-0.15, -0.1) is 0 Å². The fraction of sp³-hybridized carbons (Fsp3) is 0.167. The van der Waals surface area contributed by atoms with Gasteiger partial charge in [0, 0.05) is 23.7 Å². The number of aromatic nitrogens is 1. The summed E-state index contributed by atoms with van der Waals surface area (Å²) in [6.07, 6.45) is 1.65. The number of carboxylic acids is 1. The summed E-state index contributed by atoms with van der Waals surface area (Å²) in [6.45, 7) is -0.0886. The van der Waals surface area contributed by atoms with Crippen LogP contribution in [0.3, 0.4) is 0 Å². The van der Waals surface area contributed by atoms with Crippen LogP contribution in [0.4, 0.5) is 5.82 Å². The number of nitrogens with zero attached hydrogens (tertiary/aromatic N) is 2. The summed E-state index contributed by atoms with van der Waals surface area (Å²) in [5.41, 5.74) is 0. The Morgan fingerprint density at radius 2 is 2.24 bits per heavy atom. The van der Waals surface area contributed by atoms with Crippen molar-refractivity contribution in [3.63, 3.8) is 0 Å². The summed E-state index contributed by atoms with van der Waals surface area (Å²) in [4.78, 5) is 16.5. The zero-order valence-electron chi connectivity index (χ0n) is 9.22. The molecule has 0 saturated carbocycles. The van der Waals surface area contributed by atoms with Crippen molar-refractivity contribution < 1.29 is 9.90 Å². The molecule has 1 aromatic carbocycles. The van der Waals surface area contributed by atoms with Crippen LogP contribution < -0.4 is 4.90 Å². The van der Waals surface area contributed by atoms with E-state index in [1.165, 1.54) is 0 Å². The highest BCUT2D eigenvalue weighted by Crippen LogP contribution is 2.25. The van der Waals surface area contributed by atoms with E-state index < -0.39 is 5.97 Å². The molecule has 1 N–H and O–H groups in total. The first-order chi connectivity index (χ1) is 8.08. The predicted octanol–water partition coefficient (Wildman–Crippen LogP) is 2.41. The number of carboxylic acid groups (broad SMARTS) is 1. The first-order valence-corrected chi connectivity index (χ1v) is 5.43. The third-order valence-corrected chi connectivity index (χ3v) is 2.67.